The highest BCUT2D eigenvalue weighted by Gasteiger charge is 2.54. The summed E-state index contributed by atoms with van der Waals surface area (Å²) >= 11 is 1.15. The molecule has 0 spiro atoms. The van der Waals surface area contributed by atoms with Gasteiger partial charge in [0.1, 0.15) is 33.7 Å². The van der Waals surface area contributed by atoms with Crippen LogP contribution in [0.15, 0.2) is 11.3 Å². The Bertz CT molecular complexity index is 666. The molecule has 2 heterocycles. The largest absolute Gasteiger partial charge is 0.477 e. The number of halogens is 3. The molecule has 2 rings (SSSR count). The number of carbonyl (C=O) groups excluding carboxylic acids is 2. The summed E-state index contributed by atoms with van der Waals surface area (Å²) in [5.41, 5.74) is -4.89. The van der Waals surface area contributed by atoms with Gasteiger partial charge in [0.05, 0.1) is 6.61 Å². The van der Waals surface area contributed by atoms with Gasteiger partial charge in [-0.2, -0.15) is 13.2 Å². The lowest BCUT2D eigenvalue weighted by molar-refractivity contribution is -0.150. The molecule has 0 radical (unpaired) electrons. The molecular formula is C12H13F3N2O6S2. The molecule has 3 atom stereocenters. The number of alkyl halides is 3. The highest BCUT2D eigenvalue weighted by Crippen LogP contribution is 2.40. The van der Waals surface area contributed by atoms with E-state index in [9.17, 15) is 36.9 Å². The van der Waals surface area contributed by atoms with Crippen molar-refractivity contribution in [3.8, 4) is 0 Å². The number of ether oxygens (including phenoxy) is 1. The number of hydrogen-bond acceptors (Lipinski definition) is 6. The first-order valence-corrected chi connectivity index (χ1v) is 9.08. The number of nitrogens with zero attached hydrogens (tertiary/aromatic N) is 1. The average molecular weight is 402 g/mol. The van der Waals surface area contributed by atoms with Gasteiger partial charge in [-0.05, 0) is 5.57 Å². The number of methoxy groups -OCH3 is 1. The summed E-state index contributed by atoms with van der Waals surface area (Å²) in [5.74, 6) is -4.38. The molecule has 0 saturated carbocycles. The minimum atomic E-state index is -5.03. The second kappa shape index (κ2) is 7.33. The Hall–Kier alpha value is -1.60. The van der Waals surface area contributed by atoms with Crippen LogP contribution < -0.4 is 5.32 Å². The van der Waals surface area contributed by atoms with Crippen molar-refractivity contribution in [1.82, 2.24) is 10.2 Å². The van der Waals surface area contributed by atoms with Gasteiger partial charge in [-0.3, -0.25) is 14.5 Å². The number of β-lactam (4-membered cyclic amide) rings is 1. The van der Waals surface area contributed by atoms with Crippen LogP contribution in [0.25, 0.3) is 0 Å². The number of fused-ring (bicyclic) bond motifs is 1. The van der Waals surface area contributed by atoms with Gasteiger partial charge in [-0.1, -0.05) is 0 Å². The Morgan fingerprint density at radius 1 is 1.48 bits per heavy atom. The minimum absolute atomic E-state index is 0.00667. The lowest BCUT2D eigenvalue weighted by Crippen LogP contribution is -2.71. The molecule has 25 heavy (non-hydrogen) atoms. The van der Waals surface area contributed by atoms with Gasteiger partial charge < -0.3 is 15.2 Å². The van der Waals surface area contributed by atoms with E-state index < -0.39 is 51.3 Å². The topological polar surface area (TPSA) is 113 Å². The SMILES string of the molecule is COCC1=C(C(=O)O)N2C(=O)C(NC(=O)CS(=O)C(F)(F)F)[C@@H]2SC1. The predicted octanol–water partition coefficient (Wildman–Crippen LogP) is -0.360. The molecule has 13 heteroatoms. The number of carboxylic acid groups (broad SMARTS) is 1. The summed E-state index contributed by atoms with van der Waals surface area (Å²) < 4.78 is 52.4. The molecule has 1 fully saturated rings. The third-order valence-electron chi connectivity index (χ3n) is 3.41. The van der Waals surface area contributed by atoms with Crippen molar-refractivity contribution >= 4 is 40.3 Å². The predicted molar refractivity (Wildman–Crippen MR) is 80.6 cm³/mol. The van der Waals surface area contributed by atoms with E-state index in [0.717, 1.165) is 16.7 Å². The van der Waals surface area contributed by atoms with Crippen molar-refractivity contribution < 1.29 is 41.6 Å². The molecular weight excluding hydrogens is 389 g/mol. The summed E-state index contributed by atoms with van der Waals surface area (Å²) in [5, 5.41) is 10.6. The van der Waals surface area contributed by atoms with Crippen LogP contribution in [0, 0.1) is 0 Å². The van der Waals surface area contributed by atoms with Gasteiger partial charge in [-0.25, -0.2) is 9.00 Å². The molecule has 2 N–H and O–H groups in total. The van der Waals surface area contributed by atoms with Crippen LogP contribution in [0.3, 0.4) is 0 Å². The lowest BCUT2D eigenvalue weighted by atomic mass is 10.0. The number of thioether (sulfide) groups is 1. The molecule has 0 aliphatic carbocycles. The van der Waals surface area contributed by atoms with Crippen molar-refractivity contribution in [3.63, 3.8) is 0 Å². The van der Waals surface area contributed by atoms with Gasteiger partial charge in [0.2, 0.25) is 5.91 Å². The van der Waals surface area contributed by atoms with Crippen LogP contribution in [-0.2, 0) is 29.9 Å². The molecule has 2 amide bonds. The second-order valence-electron chi connectivity index (χ2n) is 5.08. The highest BCUT2D eigenvalue weighted by atomic mass is 32.2. The molecule has 1 saturated heterocycles. The third kappa shape index (κ3) is 3.98. The number of nitrogens with one attached hydrogen (secondary N) is 1. The molecule has 0 aromatic carbocycles. The maximum absolute atomic E-state index is 12.2. The van der Waals surface area contributed by atoms with Gasteiger partial charge in [-0.15, -0.1) is 11.8 Å². The van der Waals surface area contributed by atoms with E-state index in [1.165, 1.54) is 7.11 Å². The number of rotatable bonds is 6. The van der Waals surface area contributed by atoms with Gasteiger partial charge >= 0.3 is 11.5 Å². The van der Waals surface area contributed by atoms with Crippen molar-refractivity contribution in [2.75, 3.05) is 25.2 Å². The number of carbonyl (C=O) groups is 3. The summed E-state index contributed by atoms with van der Waals surface area (Å²) in [6.07, 6.45) is 0. The first kappa shape index (κ1) is 19.7. The zero-order valence-electron chi connectivity index (χ0n) is 12.7. The summed E-state index contributed by atoms with van der Waals surface area (Å²) in [4.78, 5) is 36.1. The van der Waals surface area contributed by atoms with E-state index in [1.807, 2.05) is 0 Å². The smallest absolute Gasteiger partial charge is 0.471 e. The van der Waals surface area contributed by atoms with Crippen LogP contribution in [0.2, 0.25) is 0 Å². The standard InChI is InChI=1S/C12H13F3N2O6S2/c1-23-2-5-3-24-10-7(9(19)17(10)8(5)11(20)21)16-6(18)4-25(22)12(13,14)15/h7,10H,2-4H2,1H3,(H,16,18)(H,20,21)/t7?,10-,25?/m0/s1. The van der Waals surface area contributed by atoms with Gasteiger partial charge in [0.25, 0.3) is 5.91 Å². The summed E-state index contributed by atoms with van der Waals surface area (Å²) in [7, 11) is -2.00. The molecule has 0 aromatic rings. The maximum atomic E-state index is 12.2. The minimum Gasteiger partial charge on any atom is -0.477 e. The van der Waals surface area contributed by atoms with Crippen LogP contribution in [0.5, 0.6) is 0 Å². The summed E-state index contributed by atoms with van der Waals surface area (Å²) in [6.45, 7) is 0.00667. The molecule has 0 bridgehead atoms. The summed E-state index contributed by atoms with van der Waals surface area (Å²) in [6, 6.07) is -1.17. The van der Waals surface area contributed by atoms with E-state index in [1.54, 1.807) is 0 Å². The fourth-order valence-electron chi connectivity index (χ4n) is 2.38. The van der Waals surface area contributed by atoms with Crippen LogP contribution >= 0.6 is 11.8 Å². The zero-order valence-corrected chi connectivity index (χ0v) is 14.3. The van der Waals surface area contributed by atoms with Crippen molar-refractivity contribution in [3.05, 3.63) is 11.3 Å². The number of hydrogen-bond donors (Lipinski definition) is 2. The monoisotopic (exact) mass is 402 g/mol. The molecule has 8 nitrogen and oxygen atoms in total. The molecule has 2 aliphatic heterocycles. The van der Waals surface area contributed by atoms with Crippen molar-refractivity contribution in [2.45, 2.75) is 16.9 Å². The normalized spacial score (nSPS) is 24.5. The molecule has 140 valence electrons. The third-order valence-corrected chi connectivity index (χ3v) is 5.79. The quantitative estimate of drug-likeness (QED) is 0.584. The Balaban J connectivity index is 2.07. The number of aliphatic carboxylic acids is 1. The second-order valence-corrected chi connectivity index (χ2v) is 7.63. The Morgan fingerprint density at radius 2 is 2.12 bits per heavy atom. The van der Waals surface area contributed by atoms with Crippen molar-refractivity contribution in [2.24, 2.45) is 0 Å². The number of carboxylic acids is 1. The van der Waals surface area contributed by atoms with E-state index in [2.05, 4.69) is 5.32 Å². The fourth-order valence-corrected chi connectivity index (χ4v) is 4.20. The highest BCUT2D eigenvalue weighted by molar-refractivity contribution is 8.00. The van der Waals surface area contributed by atoms with E-state index in [-0.39, 0.29) is 18.1 Å². The Morgan fingerprint density at radius 3 is 2.64 bits per heavy atom. The Labute approximate surface area is 146 Å². The van der Waals surface area contributed by atoms with Gasteiger partial charge in [0, 0.05) is 12.9 Å². The Kier molecular flexibility index (Phi) is 5.79. The first-order valence-electron chi connectivity index (χ1n) is 6.71. The fraction of sp³-hybridized carbons (Fsp3) is 0.583. The van der Waals surface area contributed by atoms with E-state index in [0.29, 0.717) is 5.57 Å². The zero-order chi connectivity index (χ0) is 18.9. The van der Waals surface area contributed by atoms with Crippen LogP contribution in [0.1, 0.15) is 0 Å². The van der Waals surface area contributed by atoms with Crippen molar-refractivity contribution in [1.29, 1.82) is 0 Å². The molecule has 2 unspecified atom stereocenters. The van der Waals surface area contributed by atoms with E-state index in [4.69, 9.17) is 4.74 Å². The average Bonchev–Trinajstić information content (AvgIpc) is 2.51. The van der Waals surface area contributed by atoms with Crippen LogP contribution in [0.4, 0.5) is 13.2 Å². The first-order chi connectivity index (χ1) is 11.6. The molecule has 2 aliphatic rings. The van der Waals surface area contributed by atoms with E-state index >= 15 is 0 Å². The van der Waals surface area contributed by atoms with Crippen LogP contribution in [-0.4, -0.2) is 74.1 Å². The number of amides is 2. The maximum Gasteiger partial charge on any atom is 0.471 e. The molecule has 0 aromatic heterocycles. The lowest BCUT2D eigenvalue weighted by Gasteiger charge is -2.49. The van der Waals surface area contributed by atoms with Gasteiger partial charge in [0.15, 0.2) is 0 Å².